The number of carbonyl (C=O) groups is 1. The van der Waals surface area contributed by atoms with E-state index in [2.05, 4.69) is 0 Å². The number of epoxide rings is 1. The molecule has 0 aliphatic carbocycles. The standard InChI is InChI=1S/C10H18O4/c1-5-13-7(11)6-10(4,12)8-9(2,3)14-8/h8,12H,5-6H2,1-4H3. The summed E-state index contributed by atoms with van der Waals surface area (Å²) in [5.74, 6) is -0.385. The summed E-state index contributed by atoms with van der Waals surface area (Å²) in [6.45, 7) is 7.45. The highest BCUT2D eigenvalue weighted by Crippen LogP contribution is 2.43. The van der Waals surface area contributed by atoms with Crippen LogP contribution >= 0.6 is 0 Å². The van der Waals surface area contributed by atoms with Crippen LogP contribution in [0.5, 0.6) is 0 Å². The number of esters is 1. The summed E-state index contributed by atoms with van der Waals surface area (Å²) in [6.07, 6.45) is -0.297. The number of hydrogen-bond acceptors (Lipinski definition) is 4. The van der Waals surface area contributed by atoms with E-state index in [0.29, 0.717) is 6.61 Å². The molecule has 0 aromatic heterocycles. The number of aliphatic hydroxyl groups is 1. The largest absolute Gasteiger partial charge is 0.466 e. The van der Waals surface area contributed by atoms with E-state index in [1.165, 1.54) is 0 Å². The maximum Gasteiger partial charge on any atom is 0.308 e. The molecule has 1 fully saturated rings. The first-order valence-electron chi connectivity index (χ1n) is 4.85. The summed E-state index contributed by atoms with van der Waals surface area (Å²) in [5.41, 5.74) is -1.45. The molecule has 1 saturated heterocycles. The van der Waals surface area contributed by atoms with E-state index in [9.17, 15) is 9.90 Å². The molecule has 2 unspecified atom stereocenters. The number of rotatable bonds is 4. The van der Waals surface area contributed by atoms with Crippen molar-refractivity contribution < 1.29 is 19.4 Å². The first-order valence-corrected chi connectivity index (χ1v) is 4.85. The molecular weight excluding hydrogens is 184 g/mol. The van der Waals surface area contributed by atoms with Crippen LogP contribution in [0.4, 0.5) is 0 Å². The molecule has 0 amide bonds. The summed E-state index contributed by atoms with van der Waals surface area (Å²) in [6, 6.07) is 0. The maximum absolute atomic E-state index is 11.2. The van der Waals surface area contributed by atoms with Gasteiger partial charge in [-0.3, -0.25) is 4.79 Å². The van der Waals surface area contributed by atoms with Crippen molar-refractivity contribution in [2.75, 3.05) is 6.61 Å². The van der Waals surface area contributed by atoms with E-state index >= 15 is 0 Å². The average Bonchev–Trinajstić information content (AvgIpc) is 2.59. The minimum absolute atomic E-state index is 0.0189. The molecule has 0 saturated carbocycles. The summed E-state index contributed by atoms with van der Waals surface area (Å²) >= 11 is 0. The van der Waals surface area contributed by atoms with Gasteiger partial charge in [0, 0.05) is 0 Å². The van der Waals surface area contributed by atoms with Gasteiger partial charge in [-0.2, -0.15) is 0 Å². The van der Waals surface area contributed by atoms with E-state index in [4.69, 9.17) is 9.47 Å². The lowest BCUT2D eigenvalue weighted by molar-refractivity contribution is -0.148. The Kier molecular flexibility index (Phi) is 2.88. The Balaban J connectivity index is 2.47. The third-order valence-corrected chi connectivity index (χ3v) is 2.37. The molecule has 82 valence electrons. The van der Waals surface area contributed by atoms with Gasteiger partial charge in [0.05, 0.1) is 18.6 Å². The maximum atomic E-state index is 11.2. The Labute approximate surface area is 84.2 Å². The highest BCUT2D eigenvalue weighted by molar-refractivity contribution is 5.70. The summed E-state index contributed by atoms with van der Waals surface area (Å²) in [5, 5.41) is 9.96. The number of ether oxygens (including phenoxy) is 2. The van der Waals surface area contributed by atoms with Gasteiger partial charge in [-0.25, -0.2) is 0 Å². The molecule has 1 N–H and O–H groups in total. The lowest BCUT2D eigenvalue weighted by Crippen LogP contribution is -2.37. The van der Waals surface area contributed by atoms with E-state index < -0.39 is 5.60 Å². The van der Waals surface area contributed by atoms with Crippen molar-refractivity contribution in [3.05, 3.63) is 0 Å². The van der Waals surface area contributed by atoms with Gasteiger partial charge < -0.3 is 14.6 Å². The van der Waals surface area contributed by atoms with Crippen LogP contribution in [0, 0.1) is 0 Å². The zero-order valence-corrected chi connectivity index (χ0v) is 9.16. The molecule has 1 aliphatic heterocycles. The number of hydrogen-bond donors (Lipinski definition) is 1. The zero-order chi connectivity index (χ0) is 11.0. The van der Waals surface area contributed by atoms with Crippen LogP contribution in [0.3, 0.4) is 0 Å². The van der Waals surface area contributed by atoms with Crippen LogP contribution in [-0.4, -0.2) is 35.0 Å². The molecule has 14 heavy (non-hydrogen) atoms. The molecule has 1 rings (SSSR count). The molecule has 0 aromatic rings. The smallest absolute Gasteiger partial charge is 0.308 e. The van der Waals surface area contributed by atoms with Gasteiger partial charge in [0.2, 0.25) is 0 Å². The van der Waals surface area contributed by atoms with Crippen LogP contribution in [0.15, 0.2) is 0 Å². The summed E-state index contributed by atoms with van der Waals surface area (Å²) in [4.78, 5) is 11.2. The Hall–Kier alpha value is -0.610. The van der Waals surface area contributed by atoms with Gasteiger partial charge >= 0.3 is 5.97 Å². The average molecular weight is 202 g/mol. The van der Waals surface area contributed by atoms with E-state index in [1.54, 1.807) is 13.8 Å². The first-order chi connectivity index (χ1) is 6.29. The van der Waals surface area contributed by atoms with Gasteiger partial charge in [0.1, 0.15) is 11.7 Å². The van der Waals surface area contributed by atoms with Crippen LogP contribution < -0.4 is 0 Å². The Morgan fingerprint density at radius 3 is 2.50 bits per heavy atom. The molecule has 4 heteroatoms. The fraction of sp³-hybridized carbons (Fsp3) is 0.900. The fourth-order valence-corrected chi connectivity index (χ4v) is 1.74. The second-order valence-electron chi connectivity index (χ2n) is 4.44. The topological polar surface area (TPSA) is 59.1 Å². The molecule has 0 aromatic carbocycles. The van der Waals surface area contributed by atoms with Crippen LogP contribution in [0.25, 0.3) is 0 Å². The van der Waals surface area contributed by atoms with Gasteiger partial charge in [-0.1, -0.05) is 0 Å². The second-order valence-corrected chi connectivity index (χ2v) is 4.44. The molecule has 1 aliphatic rings. The van der Waals surface area contributed by atoms with Crippen LogP contribution in [-0.2, 0) is 14.3 Å². The van der Waals surface area contributed by atoms with E-state index in [-0.39, 0.29) is 24.1 Å². The second kappa shape index (κ2) is 3.51. The zero-order valence-electron chi connectivity index (χ0n) is 9.16. The van der Waals surface area contributed by atoms with Crippen molar-refractivity contribution >= 4 is 5.97 Å². The predicted octanol–water partition coefficient (Wildman–Crippen LogP) is 0.868. The lowest BCUT2D eigenvalue weighted by Gasteiger charge is -2.20. The fourth-order valence-electron chi connectivity index (χ4n) is 1.74. The van der Waals surface area contributed by atoms with Crippen molar-refractivity contribution in [1.29, 1.82) is 0 Å². The van der Waals surface area contributed by atoms with Gasteiger partial charge in [-0.15, -0.1) is 0 Å². The number of carbonyl (C=O) groups excluding carboxylic acids is 1. The van der Waals surface area contributed by atoms with Gasteiger partial charge in [0.15, 0.2) is 0 Å². The van der Waals surface area contributed by atoms with Crippen molar-refractivity contribution in [3.63, 3.8) is 0 Å². The highest BCUT2D eigenvalue weighted by Gasteiger charge is 2.58. The predicted molar refractivity (Wildman–Crippen MR) is 50.8 cm³/mol. The van der Waals surface area contributed by atoms with Crippen molar-refractivity contribution in [3.8, 4) is 0 Å². The van der Waals surface area contributed by atoms with Crippen LogP contribution in [0.1, 0.15) is 34.1 Å². The van der Waals surface area contributed by atoms with Crippen LogP contribution in [0.2, 0.25) is 0 Å². The molecular formula is C10H18O4. The quantitative estimate of drug-likeness (QED) is 0.543. The minimum Gasteiger partial charge on any atom is -0.466 e. The third kappa shape index (κ3) is 2.45. The van der Waals surface area contributed by atoms with Gasteiger partial charge in [0.25, 0.3) is 0 Å². The normalized spacial score (nSPS) is 27.9. The molecule has 0 spiro atoms. The van der Waals surface area contributed by atoms with Gasteiger partial charge in [-0.05, 0) is 27.7 Å². The van der Waals surface area contributed by atoms with E-state index in [0.717, 1.165) is 0 Å². The Bertz CT molecular complexity index is 232. The Morgan fingerprint density at radius 2 is 2.14 bits per heavy atom. The minimum atomic E-state index is -1.13. The van der Waals surface area contributed by atoms with Crippen molar-refractivity contribution in [1.82, 2.24) is 0 Å². The Morgan fingerprint density at radius 1 is 1.64 bits per heavy atom. The SMILES string of the molecule is CCOC(=O)CC(C)(O)C1OC1(C)C. The molecule has 4 nitrogen and oxygen atoms in total. The van der Waals surface area contributed by atoms with E-state index in [1.807, 2.05) is 13.8 Å². The summed E-state index contributed by atoms with van der Waals surface area (Å²) in [7, 11) is 0. The molecule has 1 heterocycles. The molecule has 2 atom stereocenters. The lowest BCUT2D eigenvalue weighted by atomic mass is 9.91. The molecule has 0 bridgehead atoms. The monoisotopic (exact) mass is 202 g/mol. The van der Waals surface area contributed by atoms with Crippen molar-refractivity contribution in [2.45, 2.75) is 51.4 Å². The first kappa shape index (κ1) is 11.5. The third-order valence-electron chi connectivity index (χ3n) is 2.37. The van der Waals surface area contributed by atoms with Crippen molar-refractivity contribution in [2.24, 2.45) is 0 Å². The summed E-state index contributed by atoms with van der Waals surface area (Å²) < 4.78 is 10.1. The highest BCUT2D eigenvalue weighted by atomic mass is 16.6. The molecule has 0 radical (unpaired) electrons.